The molecule has 3 rings (SSSR count). The van der Waals surface area contributed by atoms with Crippen LogP contribution in [0.5, 0.6) is 0 Å². The second-order valence-corrected chi connectivity index (χ2v) is 7.57. The number of fused-ring (bicyclic) bond motifs is 3. The second kappa shape index (κ2) is 5.26. The molecule has 1 aromatic carbocycles. The predicted octanol–water partition coefficient (Wildman–Crippen LogP) is 4.51. The summed E-state index contributed by atoms with van der Waals surface area (Å²) in [6, 6.07) is 6.76. The van der Waals surface area contributed by atoms with Crippen LogP contribution in [0.3, 0.4) is 0 Å². The van der Waals surface area contributed by atoms with Crippen molar-refractivity contribution in [1.82, 2.24) is 0 Å². The molecule has 2 aliphatic rings. The number of aryl methyl sites for hydroxylation is 1. The number of carboxylic acids is 1. The summed E-state index contributed by atoms with van der Waals surface area (Å²) < 4.78 is 0. The van der Waals surface area contributed by atoms with Crippen LogP contribution in [0.25, 0.3) is 0 Å². The molecule has 0 heterocycles. The number of carboxylic acid groups (broad SMARTS) is 1. The maximum Gasteiger partial charge on any atom is 0.309 e. The lowest BCUT2D eigenvalue weighted by Crippen LogP contribution is -2.52. The van der Waals surface area contributed by atoms with Crippen molar-refractivity contribution in [2.75, 3.05) is 0 Å². The monoisotopic (exact) mass is 298 g/mol. The van der Waals surface area contributed by atoms with E-state index in [-0.39, 0.29) is 11.3 Å². The van der Waals surface area contributed by atoms with Crippen LogP contribution in [0.4, 0.5) is 0 Å². The van der Waals surface area contributed by atoms with Gasteiger partial charge in [-0.2, -0.15) is 0 Å². The average molecular weight is 298 g/mol. The highest BCUT2D eigenvalue weighted by molar-refractivity contribution is 5.75. The Hall–Kier alpha value is -1.57. The molecule has 0 spiro atoms. The molecule has 0 bridgehead atoms. The third kappa shape index (κ3) is 2.12. The minimum atomic E-state index is -0.616. The van der Waals surface area contributed by atoms with Crippen LogP contribution in [-0.4, -0.2) is 11.1 Å². The number of benzene rings is 1. The van der Waals surface area contributed by atoms with Crippen molar-refractivity contribution in [1.29, 1.82) is 0 Å². The molecule has 2 aliphatic carbocycles. The Balaban J connectivity index is 2.05. The van der Waals surface area contributed by atoms with Gasteiger partial charge in [0.1, 0.15) is 0 Å². The number of rotatable bonds is 3. The standard InChI is InChI=1S/C20H26O2/c1-4-6-14-7-9-16-15(13-14)8-10-17-19(16,2)11-5-12-20(17,3)18(21)22/h4,7,9,13,17H,1,5-6,8,10-12H2,2-3H3,(H,21,22). The van der Waals surface area contributed by atoms with Crippen molar-refractivity contribution in [3.63, 3.8) is 0 Å². The number of hydrogen-bond acceptors (Lipinski definition) is 1. The summed E-state index contributed by atoms with van der Waals surface area (Å²) in [5, 5.41) is 9.80. The van der Waals surface area contributed by atoms with E-state index in [1.54, 1.807) is 0 Å². The Bertz CT molecular complexity index is 618. The van der Waals surface area contributed by atoms with Gasteiger partial charge in [-0.15, -0.1) is 6.58 Å². The fourth-order valence-electron chi connectivity index (χ4n) is 5.09. The number of carbonyl (C=O) groups is 1. The van der Waals surface area contributed by atoms with E-state index in [0.717, 1.165) is 38.5 Å². The van der Waals surface area contributed by atoms with Crippen LogP contribution < -0.4 is 0 Å². The Morgan fingerprint density at radius 2 is 2.18 bits per heavy atom. The van der Waals surface area contributed by atoms with E-state index >= 15 is 0 Å². The molecule has 0 aliphatic heterocycles. The smallest absolute Gasteiger partial charge is 0.309 e. The first kappa shape index (κ1) is 15.3. The molecule has 22 heavy (non-hydrogen) atoms. The molecule has 3 atom stereocenters. The molecule has 3 unspecified atom stereocenters. The zero-order valence-corrected chi connectivity index (χ0v) is 13.7. The van der Waals surface area contributed by atoms with Crippen molar-refractivity contribution in [3.05, 3.63) is 47.5 Å². The molecule has 1 aromatic rings. The molecule has 0 aromatic heterocycles. The summed E-state index contributed by atoms with van der Waals surface area (Å²) in [7, 11) is 0. The van der Waals surface area contributed by atoms with Crippen LogP contribution in [0.1, 0.15) is 56.2 Å². The molecule has 1 N–H and O–H groups in total. The number of hydrogen-bond donors (Lipinski definition) is 1. The molecule has 2 heteroatoms. The zero-order chi connectivity index (χ0) is 16.0. The highest BCUT2D eigenvalue weighted by Gasteiger charge is 2.55. The Kier molecular flexibility index (Phi) is 3.66. The summed E-state index contributed by atoms with van der Waals surface area (Å²) in [6.45, 7) is 8.08. The lowest BCUT2D eigenvalue weighted by atomic mass is 9.50. The minimum Gasteiger partial charge on any atom is -0.481 e. The van der Waals surface area contributed by atoms with E-state index in [0.29, 0.717) is 0 Å². The topological polar surface area (TPSA) is 37.3 Å². The van der Waals surface area contributed by atoms with E-state index < -0.39 is 11.4 Å². The van der Waals surface area contributed by atoms with Gasteiger partial charge in [0.25, 0.3) is 0 Å². The SMILES string of the molecule is C=CCc1ccc2c(c1)CCC1C(C)(C(=O)O)CCCC21C. The number of allylic oxidation sites excluding steroid dienone is 1. The molecule has 0 amide bonds. The van der Waals surface area contributed by atoms with Crippen LogP contribution in [-0.2, 0) is 23.1 Å². The molecule has 0 saturated heterocycles. The first-order valence-electron chi connectivity index (χ1n) is 8.38. The van der Waals surface area contributed by atoms with Gasteiger partial charge in [-0.25, -0.2) is 0 Å². The molecule has 2 nitrogen and oxygen atoms in total. The first-order chi connectivity index (χ1) is 10.4. The minimum absolute atomic E-state index is 0.00564. The Morgan fingerprint density at radius 3 is 2.86 bits per heavy atom. The molecular weight excluding hydrogens is 272 g/mol. The summed E-state index contributed by atoms with van der Waals surface area (Å²) in [5.41, 5.74) is 3.56. The van der Waals surface area contributed by atoms with Gasteiger partial charge in [0.05, 0.1) is 5.41 Å². The maximum absolute atomic E-state index is 11.9. The van der Waals surface area contributed by atoms with Crippen LogP contribution in [0, 0.1) is 11.3 Å². The van der Waals surface area contributed by atoms with Gasteiger partial charge in [0.15, 0.2) is 0 Å². The number of aliphatic carboxylic acids is 1. The summed E-state index contributed by atoms with van der Waals surface area (Å²) in [5.74, 6) is -0.376. The van der Waals surface area contributed by atoms with E-state index in [1.165, 1.54) is 16.7 Å². The highest BCUT2D eigenvalue weighted by Crippen LogP contribution is 2.57. The molecule has 1 saturated carbocycles. The van der Waals surface area contributed by atoms with Crippen molar-refractivity contribution in [2.24, 2.45) is 11.3 Å². The Labute approximate surface area is 133 Å². The highest BCUT2D eigenvalue weighted by atomic mass is 16.4. The van der Waals surface area contributed by atoms with Crippen molar-refractivity contribution in [2.45, 2.75) is 57.8 Å². The van der Waals surface area contributed by atoms with Gasteiger partial charge in [-0.1, -0.05) is 37.6 Å². The second-order valence-electron chi connectivity index (χ2n) is 7.57. The molecule has 1 fully saturated rings. The first-order valence-corrected chi connectivity index (χ1v) is 8.38. The predicted molar refractivity (Wildman–Crippen MR) is 89.1 cm³/mol. The quantitative estimate of drug-likeness (QED) is 0.834. The largest absolute Gasteiger partial charge is 0.481 e. The summed E-state index contributed by atoms with van der Waals surface area (Å²) in [6.07, 6.45) is 7.76. The summed E-state index contributed by atoms with van der Waals surface area (Å²) >= 11 is 0. The fourth-order valence-corrected chi connectivity index (χ4v) is 5.09. The molecule has 118 valence electrons. The van der Waals surface area contributed by atoms with Crippen LogP contribution >= 0.6 is 0 Å². The van der Waals surface area contributed by atoms with Gasteiger partial charge < -0.3 is 5.11 Å². The lowest BCUT2D eigenvalue weighted by molar-refractivity contribution is -0.157. The normalized spacial score (nSPS) is 33.6. The summed E-state index contributed by atoms with van der Waals surface area (Å²) in [4.78, 5) is 11.9. The van der Waals surface area contributed by atoms with Crippen molar-refractivity contribution < 1.29 is 9.90 Å². The van der Waals surface area contributed by atoms with E-state index in [4.69, 9.17) is 0 Å². The van der Waals surface area contributed by atoms with E-state index in [9.17, 15) is 9.90 Å². The molecule has 0 radical (unpaired) electrons. The zero-order valence-electron chi connectivity index (χ0n) is 13.7. The van der Waals surface area contributed by atoms with Gasteiger partial charge >= 0.3 is 5.97 Å². The van der Waals surface area contributed by atoms with Gasteiger partial charge in [0.2, 0.25) is 0 Å². The Morgan fingerprint density at radius 1 is 1.41 bits per heavy atom. The third-order valence-electron chi connectivity index (χ3n) is 6.29. The van der Waals surface area contributed by atoms with Gasteiger partial charge in [-0.05, 0) is 67.1 Å². The fraction of sp³-hybridized carbons (Fsp3) is 0.550. The van der Waals surface area contributed by atoms with Crippen molar-refractivity contribution in [3.8, 4) is 0 Å². The van der Waals surface area contributed by atoms with Crippen molar-refractivity contribution >= 4 is 5.97 Å². The average Bonchev–Trinajstić information content (AvgIpc) is 2.47. The van der Waals surface area contributed by atoms with Crippen LogP contribution in [0.15, 0.2) is 30.9 Å². The van der Waals surface area contributed by atoms with E-state index in [2.05, 4.69) is 31.7 Å². The van der Waals surface area contributed by atoms with Gasteiger partial charge in [-0.3, -0.25) is 4.79 Å². The lowest BCUT2D eigenvalue weighted by Gasteiger charge is -2.53. The molecular formula is C20H26O2. The van der Waals surface area contributed by atoms with Crippen LogP contribution in [0.2, 0.25) is 0 Å². The maximum atomic E-state index is 11.9. The van der Waals surface area contributed by atoms with Gasteiger partial charge in [0, 0.05) is 0 Å². The third-order valence-corrected chi connectivity index (χ3v) is 6.29. The van der Waals surface area contributed by atoms with E-state index in [1.807, 2.05) is 13.0 Å².